The maximum absolute atomic E-state index is 12.3. The summed E-state index contributed by atoms with van der Waals surface area (Å²) in [6, 6.07) is 3.61. The first-order chi connectivity index (χ1) is 12.9. The minimum Gasteiger partial charge on any atom is -0.494 e. The van der Waals surface area contributed by atoms with Gasteiger partial charge in [0.1, 0.15) is 17.9 Å². The third kappa shape index (κ3) is 3.94. The van der Waals surface area contributed by atoms with Gasteiger partial charge in [-0.3, -0.25) is 9.59 Å². The smallest absolute Gasteiger partial charge is 0.225 e. The van der Waals surface area contributed by atoms with Crippen LogP contribution in [0.3, 0.4) is 0 Å². The first-order valence-corrected chi connectivity index (χ1v) is 9.12. The lowest BCUT2D eigenvalue weighted by atomic mass is 9.89. The lowest BCUT2D eigenvalue weighted by Gasteiger charge is -2.27. The minimum atomic E-state index is -0.233. The van der Waals surface area contributed by atoms with Crippen molar-refractivity contribution in [1.82, 2.24) is 14.8 Å². The predicted octanol–water partition coefficient (Wildman–Crippen LogP) is 2.77. The molecule has 1 aromatic carbocycles. The first kappa shape index (κ1) is 18.9. The zero-order valence-electron chi connectivity index (χ0n) is 16.1. The second kappa shape index (κ2) is 7.77. The molecule has 27 heavy (non-hydrogen) atoms. The van der Waals surface area contributed by atoms with E-state index in [1.54, 1.807) is 10.7 Å². The number of nitrogens with zero attached hydrogens (tertiary/aromatic N) is 3. The molecule has 0 aliphatic carbocycles. The van der Waals surface area contributed by atoms with Gasteiger partial charge in [-0.05, 0) is 24.5 Å². The molecule has 8 heteroatoms. The molecule has 144 valence electrons. The number of anilines is 2. The van der Waals surface area contributed by atoms with Crippen LogP contribution in [0.5, 0.6) is 5.75 Å². The average molecular weight is 371 g/mol. The molecule has 0 spiro atoms. The van der Waals surface area contributed by atoms with Crippen molar-refractivity contribution < 1.29 is 14.3 Å². The number of aryl methyl sites for hydroxylation is 1. The van der Waals surface area contributed by atoms with Crippen LogP contribution in [-0.2, 0) is 16.1 Å². The summed E-state index contributed by atoms with van der Waals surface area (Å²) in [7, 11) is 1.54. The molecule has 2 amide bonds. The predicted molar refractivity (Wildman–Crippen MR) is 102 cm³/mol. The summed E-state index contributed by atoms with van der Waals surface area (Å²) in [5.74, 6) is 1.10. The van der Waals surface area contributed by atoms with Gasteiger partial charge in [-0.15, -0.1) is 0 Å². The van der Waals surface area contributed by atoms with E-state index in [1.165, 1.54) is 13.4 Å². The molecule has 2 N–H and O–H groups in total. The summed E-state index contributed by atoms with van der Waals surface area (Å²) >= 11 is 0. The number of amides is 2. The average Bonchev–Trinajstić information content (AvgIpc) is 3.08. The monoisotopic (exact) mass is 371 g/mol. The first-order valence-electron chi connectivity index (χ1n) is 9.12. The van der Waals surface area contributed by atoms with Gasteiger partial charge in [0, 0.05) is 31.1 Å². The highest BCUT2D eigenvalue weighted by Gasteiger charge is 2.31. The van der Waals surface area contributed by atoms with Crippen LogP contribution in [0.2, 0.25) is 0 Å². The Balaban J connectivity index is 2.03. The molecule has 2 aromatic rings. The van der Waals surface area contributed by atoms with Gasteiger partial charge in [0.15, 0.2) is 0 Å². The number of rotatable bonds is 6. The van der Waals surface area contributed by atoms with E-state index in [-0.39, 0.29) is 30.1 Å². The third-order valence-electron chi connectivity index (χ3n) is 4.54. The number of fused-ring (bicyclic) bond motifs is 1. The summed E-state index contributed by atoms with van der Waals surface area (Å²) in [6.07, 6.45) is 2.20. The zero-order valence-corrected chi connectivity index (χ0v) is 16.1. The van der Waals surface area contributed by atoms with Gasteiger partial charge < -0.3 is 15.4 Å². The van der Waals surface area contributed by atoms with Crippen LogP contribution in [0.25, 0.3) is 0 Å². The van der Waals surface area contributed by atoms with Crippen molar-refractivity contribution in [3.8, 4) is 5.75 Å². The Bertz CT molecular complexity index is 859. The second-order valence-electron chi connectivity index (χ2n) is 7.02. The quantitative estimate of drug-likeness (QED) is 0.814. The van der Waals surface area contributed by atoms with Gasteiger partial charge in [0.25, 0.3) is 0 Å². The number of aromatic nitrogens is 3. The Hall–Kier alpha value is -2.90. The number of carbonyl (C=O) groups is 2. The standard InChI is InChI=1S/C19H25N5O3/c1-5-24-19(20-10-21-24)13-8-18(26)22-14-9-16(27-4)15(7-12(13)14)23-17(25)6-11(2)3/h7,9-11,13H,5-6,8H2,1-4H3,(H,22,26)(H,23,25)/t13-/m0/s1. The van der Waals surface area contributed by atoms with Crippen molar-refractivity contribution >= 4 is 23.2 Å². The maximum atomic E-state index is 12.3. The Kier molecular flexibility index (Phi) is 5.43. The molecule has 8 nitrogen and oxygen atoms in total. The number of hydrogen-bond acceptors (Lipinski definition) is 5. The van der Waals surface area contributed by atoms with Crippen molar-refractivity contribution in [3.63, 3.8) is 0 Å². The fourth-order valence-electron chi connectivity index (χ4n) is 3.35. The molecule has 1 aliphatic heterocycles. The number of methoxy groups -OCH3 is 1. The second-order valence-corrected chi connectivity index (χ2v) is 7.02. The number of ether oxygens (including phenoxy) is 1. The van der Waals surface area contributed by atoms with Gasteiger partial charge in [-0.1, -0.05) is 13.8 Å². The van der Waals surface area contributed by atoms with Crippen molar-refractivity contribution in [1.29, 1.82) is 0 Å². The highest BCUT2D eigenvalue weighted by atomic mass is 16.5. The maximum Gasteiger partial charge on any atom is 0.225 e. The van der Waals surface area contributed by atoms with Gasteiger partial charge in [-0.25, -0.2) is 9.67 Å². The summed E-state index contributed by atoms with van der Waals surface area (Å²) in [6.45, 7) is 6.63. The van der Waals surface area contributed by atoms with E-state index in [2.05, 4.69) is 20.7 Å². The highest BCUT2D eigenvalue weighted by Crippen LogP contribution is 2.41. The molecule has 0 unspecified atom stereocenters. The van der Waals surface area contributed by atoms with Crippen molar-refractivity contribution in [3.05, 3.63) is 29.8 Å². The molecule has 0 bridgehead atoms. The Labute approximate surface area is 158 Å². The van der Waals surface area contributed by atoms with Crippen LogP contribution >= 0.6 is 0 Å². The van der Waals surface area contributed by atoms with Crippen molar-refractivity contribution in [2.45, 2.75) is 46.1 Å². The molecule has 1 aromatic heterocycles. The molecule has 2 heterocycles. The SMILES string of the molecule is CCn1ncnc1[C@H]1CC(=O)Nc2cc(OC)c(NC(=O)CC(C)C)cc21. The van der Waals surface area contributed by atoms with Gasteiger partial charge in [0.2, 0.25) is 11.8 Å². The molecular weight excluding hydrogens is 346 g/mol. The van der Waals surface area contributed by atoms with Crippen molar-refractivity contribution in [2.24, 2.45) is 5.92 Å². The zero-order chi connectivity index (χ0) is 19.6. The minimum absolute atomic E-state index is 0.0728. The van der Waals surface area contributed by atoms with E-state index in [0.717, 1.165) is 11.4 Å². The van der Waals surface area contributed by atoms with E-state index in [9.17, 15) is 9.59 Å². The Morgan fingerprint density at radius 2 is 2.22 bits per heavy atom. The van der Waals surface area contributed by atoms with Crippen molar-refractivity contribution in [2.75, 3.05) is 17.7 Å². The fourth-order valence-corrected chi connectivity index (χ4v) is 3.35. The normalized spacial score (nSPS) is 16.0. The van der Waals surface area contributed by atoms with Crippen LogP contribution in [0.1, 0.15) is 50.9 Å². The fraction of sp³-hybridized carbons (Fsp3) is 0.474. The van der Waals surface area contributed by atoms with E-state index < -0.39 is 0 Å². The van der Waals surface area contributed by atoms with Gasteiger partial charge >= 0.3 is 0 Å². The van der Waals surface area contributed by atoms with Gasteiger partial charge in [0.05, 0.1) is 18.7 Å². The number of carbonyl (C=O) groups excluding carboxylic acids is 2. The van der Waals surface area contributed by atoms with Crippen LogP contribution < -0.4 is 15.4 Å². The van der Waals surface area contributed by atoms with Crippen LogP contribution in [0.4, 0.5) is 11.4 Å². The molecule has 0 saturated heterocycles. The number of benzene rings is 1. The van der Waals surface area contributed by atoms with E-state index in [1.807, 2.05) is 26.8 Å². The number of nitrogens with one attached hydrogen (secondary N) is 2. The summed E-state index contributed by atoms with van der Waals surface area (Å²) < 4.78 is 7.21. The summed E-state index contributed by atoms with van der Waals surface area (Å²) in [5.41, 5.74) is 2.14. The highest BCUT2D eigenvalue weighted by molar-refractivity contribution is 5.98. The molecule has 0 radical (unpaired) electrons. The van der Waals surface area contributed by atoms with Crippen LogP contribution in [0, 0.1) is 5.92 Å². The molecular formula is C19H25N5O3. The van der Waals surface area contributed by atoms with E-state index in [4.69, 9.17) is 4.74 Å². The van der Waals surface area contributed by atoms with E-state index in [0.29, 0.717) is 30.1 Å². The van der Waals surface area contributed by atoms with Gasteiger partial charge in [-0.2, -0.15) is 5.10 Å². The Morgan fingerprint density at radius 3 is 2.89 bits per heavy atom. The topological polar surface area (TPSA) is 98.1 Å². The molecule has 1 atom stereocenters. The lowest BCUT2D eigenvalue weighted by molar-refractivity contribution is -0.117. The number of hydrogen-bond donors (Lipinski definition) is 2. The lowest BCUT2D eigenvalue weighted by Crippen LogP contribution is -2.26. The Morgan fingerprint density at radius 1 is 1.44 bits per heavy atom. The third-order valence-corrected chi connectivity index (χ3v) is 4.54. The molecule has 0 fully saturated rings. The summed E-state index contributed by atoms with van der Waals surface area (Å²) in [5, 5.41) is 10.0. The molecule has 0 saturated carbocycles. The van der Waals surface area contributed by atoms with Crippen LogP contribution in [-0.4, -0.2) is 33.7 Å². The largest absolute Gasteiger partial charge is 0.494 e. The van der Waals surface area contributed by atoms with Crippen LogP contribution in [0.15, 0.2) is 18.5 Å². The van der Waals surface area contributed by atoms with E-state index >= 15 is 0 Å². The molecule has 3 rings (SSSR count). The molecule has 1 aliphatic rings. The summed E-state index contributed by atoms with van der Waals surface area (Å²) in [4.78, 5) is 28.9.